The molecule has 0 bridgehead atoms. The molecule has 0 aliphatic rings. The van der Waals surface area contributed by atoms with Gasteiger partial charge in [-0.1, -0.05) is 20.8 Å². The standard InChI is InChI=1S/C22H26FN3O5S.ClH/c1-4-9-26(12-18(27)28)21(30)22(2,3)11-14-6-8-17(32-14)20(29)31-13-5-7-15(19(24)25)16(23)10-13;/h5-8,10H,4,9,11-12H2,1-3H3,(H3,24,25)(H,27,28);1H. The average molecular weight is 500 g/mol. The Morgan fingerprint density at radius 2 is 1.91 bits per heavy atom. The zero-order chi connectivity index (χ0) is 24.1. The summed E-state index contributed by atoms with van der Waals surface area (Å²) in [6, 6.07) is 6.85. The van der Waals surface area contributed by atoms with Crippen molar-refractivity contribution < 1.29 is 28.6 Å². The number of carboxylic acid groups (broad SMARTS) is 1. The molecule has 0 saturated carbocycles. The highest BCUT2D eigenvalue weighted by Gasteiger charge is 2.33. The number of nitrogens with two attached hydrogens (primary N) is 1. The van der Waals surface area contributed by atoms with Gasteiger partial charge in [0.2, 0.25) is 5.91 Å². The van der Waals surface area contributed by atoms with E-state index in [9.17, 15) is 18.8 Å². The number of ether oxygens (including phenoxy) is 1. The summed E-state index contributed by atoms with van der Waals surface area (Å²) in [6.07, 6.45) is 0.948. The maximum absolute atomic E-state index is 13.9. The molecular weight excluding hydrogens is 473 g/mol. The summed E-state index contributed by atoms with van der Waals surface area (Å²) in [5.74, 6) is -3.25. The molecule has 0 spiro atoms. The summed E-state index contributed by atoms with van der Waals surface area (Å²) < 4.78 is 19.1. The molecule has 0 saturated heterocycles. The SMILES string of the molecule is CCCN(CC(=O)O)C(=O)C(C)(C)Cc1ccc(C(=O)Oc2ccc(C(=N)N)c(F)c2)s1.Cl. The minimum atomic E-state index is -1.07. The summed E-state index contributed by atoms with van der Waals surface area (Å²) in [6.45, 7) is 5.31. The molecule has 8 nitrogen and oxygen atoms in total. The van der Waals surface area contributed by atoms with Crippen LogP contribution in [0.25, 0.3) is 0 Å². The average Bonchev–Trinajstić information content (AvgIpc) is 3.14. The number of benzene rings is 1. The Hall–Kier alpha value is -2.98. The second kappa shape index (κ2) is 11.8. The van der Waals surface area contributed by atoms with E-state index in [-0.39, 0.29) is 41.0 Å². The van der Waals surface area contributed by atoms with Gasteiger partial charge in [0.15, 0.2) is 0 Å². The van der Waals surface area contributed by atoms with E-state index < -0.39 is 29.0 Å². The fourth-order valence-corrected chi connectivity index (χ4v) is 4.26. The first-order valence-electron chi connectivity index (χ1n) is 9.90. The molecule has 2 rings (SSSR count). The highest BCUT2D eigenvalue weighted by molar-refractivity contribution is 7.14. The molecule has 1 heterocycles. The van der Waals surface area contributed by atoms with Crippen LogP contribution >= 0.6 is 23.7 Å². The quantitative estimate of drug-likeness (QED) is 0.197. The van der Waals surface area contributed by atoms with Crippen LogP contribution in [-0.4, -0.2) is 46.8 Å². The number of carboxylic acids is 1. The first kappa shape index (κ1) is 28.1. The van der Waals surface area contributed by atoms with Crippen LogP contribution in [0.4, 0.5) is 4.39 Å². The third kappa shape index (κ3) is 7.54. The molecule has 11 heteroatoms. The number of nitrogen functional groups attached to an aromatic ring is 1. The molecule has 1 amide bonds. The van der Waals surface area contributed by atoms with E-state index in [4.69, 9.17) is 21.0 Å². The number of thiophene rings is 1. The number of nitrogens with zero attached hydrogens (tertiary/aromatic N) is 1. The maximum atomic E-state index is 13.9. The molecule has 0 radical (unpaired) electrons. The monoisotopic (exact) mass is 499 g/mol. The van der Waals surface area contributed by atoms with Crippen molar-refractivity contribution in [3.05, 3.63) is 51.5 Å². The van der Waals surface area contributed by atoms with Crippen molar-refractivity contribution in [3.8, 4) is 5.75 Å². The molecule has 1 aromatic heterocycles. The van der Waals surface area contributed by atoms with Crippen molar-refractivity contribution in [1.82, 2.24) is 4.90 Å². The summed E-state index contributed by atoms with van der Waals surface area (Å²) in [4.78, 5) is 38.8. The van der Waals surface area contributed by atoms with Crippen molar-refractivity contribution in [2.24, 2.45) is 11.1 Å². The van der Waals surface area contributed by atoms with Gasteiger partial charge >= 0.3 is 11.9 Å². The molecule has 0 aliphatic heterocycles. The molecule has 4 N–H and O–H groups in total. The van der Waals surface area contributed by atoms with E-state index in [1.54, 1.807) is 26.0 Å². The number of carbonyl (C=O) groups is 3. The van der Waals surface area contributed by atoms with Gasteiger partial charge in [0.1, 0.15) is 28.8 Å². The van der Waals surface area contributed by atoms with Crippen LogP contribution in [0.1, 0.15) is 47.3 Å². The topological polar surface area (TPSA) is 134 Å². The van der Waals surface area contributed by atoms with Crippen LogP contribution in [0.3, 0.4) is 0 Å². The van der Waals surface area contributed by atoms with Crippen molar-refractivity contribution in [3.63, 3.8) is 0 Å². The smallest absolute Gasteiger partial charge is 0.353 e. The third-order valence-electron chi connectivity index (χ3n) is 4.61. The minimum absolute atomic E-state index is 0. The molecule has 2 aromatic rings. The highest BCUT2D eigenvalue weighted by atomic mass is 35.5. The van der Waals surface area contributed by atoms with Crippen LogP contribution < -0.4 is 10.5 Å². The van der Waals surface area contributed by atoms with Crippen LogP contribution in [0.5, 0.6) is 5.75 Å². The van der Waals surface area contributed by atoms with E-state index in [0.717, 1.165) is 22.3 Å². The fraction of sp³-hybridized carbons (Fsp3) is 0.364. The largest absolute Gasteiger partial charge is 0.480 e. The number of hydrogen-bond donors (Lipinski definition) is 3. The number of halogens is 2. The zero-order valence-electron chi connectivity index (χ0n) is 18.5. The normalized spacial score (nSPS) is 10.8. The van der Waals surface area contributed by atoms with Gasteiger partial charge in [0, 0.05) is 22.9 Å². The van der Waals surface area contributed by atoms with Crippen LogP contribution in [0.2, 0.25) is 0 Å². The number of esters is 1. The van der Waals surface area contributed by atoms with E-state index in [0.29, 0.717) is 19.4 Å². The fourth-order valence-electron chi connectivity index (χ4n) is 3.14. The molecule has 33 heavy (non-hydrogen) atoms. The molecule has 180 valence electrons. The second-order valence-electron chi connectivity index (χ2n) is 7.89. The van der Waals surface area contributed by atoms with Gasteiger partial charge in [-0.05, 0) is 37.1 Å². The maximum Gasteiger partial charge on any atom is 0.353 e. The molecule has 0 unspecified atom stereocenters. The number of rotatable bonds is 10. The number of amidine groups is 1. The van der Waals surface area contributed by atoms with Gasteiger partial charge in [-0.15, -0.1) is 23.7 Å². The van der Waals surface area contributed by atoms with Gasteiger partial charge in [-0.2, -0.15) is 0 Å². The lowest BCUT2D eigenvalue weighted by Crippen LogP contribution is -2.44. The van der Waals surface area contributed by atoms with E-state index in [1.807, 2.05) is 6.92 Å². The summed E-state index contributed by atoms with van der Waals surface area (Å²) in [5.41, 5.74) is 4.31. The van der Waals surface area contributed by atoms with Gasteiger partial charge in [-0.25, -0.2) is 9.18 Å². The predicted octanol–water partition coefficient (Wildman–Crippen LogP) is 3.70. The number of nitrogens with one attached hydrogen (secondary N) is 1. The van der Waals surface area contributed by atoms with Crippen molar-refractivity contribution >= 4 is 47.4 Å². The Morgan fingerprint density at radius 3 is 2.45 bits per heavy atom. The third-order valence-corrected chi connectivity index (χ3v) is 5.67. The van der Waals surface area contributed by atoms with Gasteiger partial charge in [-0.3, -0.25) is 15.0 Å². The number of amides is 1. The Kier molecular flexibility index (Phi) is 10.00. The lowest BCUT2D eigenvalue weighted by atomic mass is 9.86. The van der Waals surface area contributed by atoms with Gasteiger partial charge in [0.25, 0.3) is 0 Å². The van der Waals surface area contributed by atoms with E-state index in [2.05, 4.69) is 0 Å². The Morgan fingerprint density at radius 1 is 1.24 bits per heavy atom. The number of aliphatic carboxylic acids is 1. The Bertz CT molecular complexity index is 1040. The predicted molar refractivity (Wildman–Crippen MR) is 126 cm³/mol. The summed E-state index contributed by atoms with van der Waals surface area (Å²) in [7, 11) is 0. The van der Waals surface area contributed by atoms with Crippen molar-refractivity contribution in [2.75, 3.05) is 13.1 Å². The Balaban J connectivity index is 0.00000544. The minimum Gasteiger partial charge on any atom is -0.480 e. The lowest BCUT2D eigenvalue weighted by molar-refractivity contribution is -0.148. The second-order valence-corrected chi connectivity index (χ2v) is 9.06. The van der Waals surface area contributed by atoms with Gasteiger partial charge < -0.3 is 20.5 Å². The molecule has 0 fully saturated rings. The molecule has 0 atom stereocenters. The summed E-state index contributed by atoms with van der Waals surface area (Å²) in [5, 5.41) is 16.4. The van der Waals surface area contributed by atoms with Crippen LogP contribution in [-0.2, 0) is 16.0 Å². The van der Waals surface area contributed by atoms with Crippen molar-refractivity contribution in [1.29, 1.82) is 5.41 Å². The first-order chi connectivity index (χ1) is 14.9. The lowest BCUT2D eigenvalue weighted by Gasteiger charge is -2.30. The molecule has 0 aliphatic carbocycles. The summed E-state index contributed by atoms with van der Waals surface area (Å²) >= 11 is 1.15. The van der Waals surface area contributed by atoms with Crippen LogP contribution in [0.15, 0.2) is 30.3 Å². The Labute approximate surface area is 201 Å². The van der Waals surface area contributed by atoms with Gasteiger partial charge in [0.05, 0.1) is 5.56 Å². The molecule has 1 aromatic carbocycles. The number of hydrogen-bond acceptors (Lipinski definition) is 6. The first-order valence-corrected chi connectivity index (χ1v) is 10.7. The highest BCUT2D eigenvalue weighted by Crippen LogP contribution is 2.29. The van der Waals surface area contributed by atoms with Crippen molar-refractivity contribution in [2.45, 2.75) is 33.6 Å². The number of carbonyl (C=O) groups excluding carboxylic acids is 2. The van der Waals surface area contributed by atoms with Crippen LogP contribution in [0, 0.1) is 16.6 Å². The van der Waals surface area contributed by atoms with E-state index >= 15 is 0 Å². The zero-order valence-corrected chi connectivity index (χ0v) is 20.1. The van der Waals surface area contributed by atoms with E-state index in [1.165, 1.54) is 17.0 Å². The molecular formula is C22H27ClFN3O5S.